The zero-order valence-corrected chi connectivity index (χ0v) is 12.4. The third-order valence-electron chi connectivity index (χ3n) is 4.09. The molecular formula is C17H13N3O3. The summed E-state index contributed by atoms with van der Waals surface area (Å²) in [6.07, 6.45) is 2.47. The Bertz CT molecular complexity index is 973. The molecule has 0 saturated carbocycles. The molecule has 0 fully saturated rings. The van der Waals surface area contributed by atoms with E-state index in [1.54, 1.807) is 13.2 Å². The number of aromatic nitrogens is 2. The second kappa shape index (κ2) is 4.95. The van der Waals surface area contributed by atoms with E-state index in [9.17, 15) is 10.1 Å². The molecule has 6 nitrogen and oxygen atoms in total. The summed E-state index contributed by atoms with van der Waals surface area (Å²) in [4.78, 5) is 14.8. The summed E-state index contributed by atoms with van der Waals surface area (Å²) in [5, 5.41) is 10.8. The molecule has 0 N–H and O–H groups in total. The molecule has 0 bridgehead atoms. The molecule has 0 radical (unpaired) electrons. The number of hydrogen-bond acceptors (Lipinski definition) is 4. The maximum Gasteiger partial charge on any atom is 0.235 e. The van der Waals surface area contributed by atoms with Crippen molar-refractivity contribution in [2.75, 3.05) is 7.11 Å². The minimum absolute atomic E-state index is 0.461. The van der Waals surface area contributed by atoms with Gasteiger partial charge < -0.3 is 9.30 Å². The molecule has 2 aromatic heterocycles. The van der Waals surface area contributed by atoms with Gasteiger partial charge in [0, 0.05) is 29.8 Å². The van der Waals surface area contributed by atoms with Crippen LogP contribution in [-0.4, -0.2) is 21.6 Å². The van der Waals surface area contributed by atoms with Crippen molar-refractivity contribution in [1.29, 1.82) is 0 Å². The second-order valence-electron chi connectivity index (χ2n) is 5.33. The van der Waals surface area contributed by atoms with Crippen molar-refractivity contribution in [3.8, 4) is 17.1 Å². The van der Waals surface area contributed by atoms with Crippen LogP contribution in [0.25, 0.3) is 28.4 Å². The van der Waals surface area contributed by atoms with Crippen LogP contribution in [-0.2, 0) is 6.54 Å². The first-order chi connectivity index (χ1) is 11.2. The number of hydrogen-bond donors (Lipinski definition) is 0. The second-order valence-corrected chi connectivity index (χ2v) is 5.33. The highest BCUT2D eigenvalue weighted by atomic mass is 16.6. The van der Waals surface area contributed by atoms with E-state index in [0.29, 0.717) is 11.4 Å². The SMILES string of the molecule is COc1ccc2c(n1)c(C=C[N+](=O)[O-])c1n2Cc2ccccc2-1. The minimum Gasteiger partial charge on any atom is -0.481 e. The van der Waals surface area contributed by atoms with E-state index in [0.717, 1.165) is 35.1 Å². The van der Waals surface area contributed by atoms with Crippen molar-refractivity contribution in [2.45, 2.75) is 6.54 Å². The highest BCUT2D eigenvalue weighted by Crippen LogP contribution is 2.41. The topological polar surface area (TPSA) is 70.2 Å². The number of rotatable bonds is 3. The van der Waals surface area contributed by atoms with Gasteiger partial charge in [-0.3, -0.25) is 10.1 Å². The number of benzene rings is 1. The van der Waals surface area contributed by atoms with Crippen molar-refractivity contribution in [3.05, 3.63) is 63.8 Å². The van der Waals surface area contributed by atoms with E-state index in [4.69, 9.17) is 4.74 Å². The molecule has 0 aliphatic carbocycles. The van der Waals surface area contributed by atoms with E-state index in [2.05, 4.69) is 15.6 Å². The van der Waals surface area contributed by atoms with Crippen LogP contribution < -0.4 is 4.74 Å². The van der Waals surface area contributed by atoms with Gasteiger partial charge in [-0.1, -0.05) is 24.3 Å². The fraction of sp³-hybridized carbons (Fsp3) is 0.118. The molecular weight excluding hydrogens is 294 g/mol. The Morgan fingerprint density at radius 2 is 2.13 bits per heavy atom. The normalized spacial score (nSPS) is 12.6. The van der Waals surface area contributed by atoms with Crippen molar-refractivity contribution < 1.29 is 9.66 Å². The monoisotopic (exact) mass is 307 g/mol. The van der Waals surface area contributed by atoms with Crippen LogP contribution in [0.15, 0.2) is 42.6 Å². The number of ether oxygens (including phenoxy) is 1. The standard InChI is InChI=1S/C17H13N3O3/c1-23-15-7-6-14-16(18-15)13(8-9-20(21)22)17-12-5-3-2-4-11(12)10-19(14)17/h2-9H,10H2,1H3. The molecule has 0 unspecified atom stereocenters. The molecule has 0 spiro atoms. The summed E-state index contributed by atoms with van der Waals surface area (Å²) in [6.45, 7) is 0.738. The smallest absolute Gasteiger partial charge is 0.235 e. The van der Waals surface area contributed by atoms with E-state index in [-0.39, 0.29) is 0 Å². The van der Waals surface area contributed by atoms with Crippen LogP contribution in [0.4, 0.5) is 0 Å². The molecule has 114 valence electrons. The first-order valence-electron chi connectivity index (χ1n) is 7.16. The predicted octanol–water partition coefficient (Wildman–Crippen LogP) is 3.32. The number of fused-ring (bicyclic) bond motifs is 5. The van der Waals surface area contributed by atoms with Gasteiger partial charge in [0.2, 0.25) is 12.1 Å². The number of methoxy groups -OCH3 is 1. The van der Waals surface area contributed by atoms with Crippen LogP contribution in [0.5, 0.6) is 5.88 Å². The Morgan fingerprint density at radius 3 is 2.91 bits per heavy atom. The molecule has 0 atom stereocenters. The summed E-state index contributed by atoms with van der Waals surface area (Å²) in [5.74, 6) is 0.491. The highest BCUT2D eigenvalue weighted by molar-refractivity contribution is 5.97. The van der Waals surface area contributed by atoms with Gasteiger partial charge in [-0.15, -0.1) is 0 Å². The summed E-state index contributed by atoms with van der Waals surface area (Å²) in [5.41, 5.74) is 5.67. The third kappa shape index (κ3) is 1.99. The molecule has 4 rings (SSSR count). The Morgan fingerprint density at radius 1 is 1.30 bits per heavy atom. The van der Waals surface area contributed by atoms with Crippen molar-refractivity contribution in [3.63, 3.8) is 0 Å². The Hall–Kier alpha value is -3.15. The van der Waals surface area contributed by atoms with Crippen molar-refractivity contribution in [2.24, 2.45) is 0 Å². The predicted molar refractivity (Wildman–Crippen MR) is 86.9 cm³/mol. The van der Waals surface area contributed by atoms with E-state index in [1.165, 1.54) is 11.6 Å². The average Bonchev–Trinajstić information content (AvgIpc) is 3.07. The lowest BCUT2D eigenvalue weighted by Crippen LogP contribution is -1.93. The maximum atomic E-state index is 10.8. The molecule has 1 aromatic carbocycles. The zero-order valence-electron chi connectivity index (χ0n) is 12.4. The summed E-state index contributed by atoms with van der Waals surface area (Å²) >= 11 is 0. The Kier molecular flexibility index (Phi) is 2.90. The van der Waals surface area contributed by atoms with Gasteiger partial charge >= 0.3 is 0 Å². The Balaban J connectivity index is 2.06. The fourth-order valence-electron chi connectivity index (χ4n) is 3.15. The van der Waals surface area contributed by atoms with Gasteiger partial charge in [0.05, 0.1) is 23.2 Å². The first kappa shape index (κ1) is 13.5. The van der Waals surface area contributed by atoms with Gasteiger partial charge in [-0.2, -0.15) is 0 Å². The first-order valence-corrected chi connectivity index (χ1v) is 7.16. The lowest BCUT2D eigenvalue weighted by Gasteiger charge is -2.02. The van der Waals surface area contributed by atoms with Crippen LogP contribution in [0.1, 0.15) is 11.1 Å². The summed E-state index contributed by atoms with van der Waals surface area (Å²) in [7, 11) is 1.56. The lowest BCUT2D eigenvalue weighted by molar-refractivity contribution is -0.400. The van der Waals surface area contributed by atoms with E-state index < -0.39 is 4.92 Å². The molecule has 0 amide bonds. The van der Waals surface area contributed by atoms with E-state index >= 15 is 0 Å². The summed E-state index contributed by atoms with van der Waals surface area (Å²) < 4.78 is 7.34. The number of nitrogens with zero attached hydrogens (tertiary/aromatic N) is 3. The Labute approximate surface area is 131 Å². The molecule has 1 aliphatic heterocycles. The molecule has 6 heteroatoms. The third-order valence-corrected chi connectivity index (χ3v) is 4.09. The zero-order chi connectivity index (χ0) is 16.0. The number of pyridine rings is 1. The van der Waals surface area contributed by atoms with Crippen molar-refractivity contribution >= 4 is 17.1 Å². The lowest BCUT2D eigenvalue weighted by atomic mass is 10.0. The van der Waals surface area contributed by atoms with E-state index in [1.807, 2.05) is 24.3 Å². The summed E-state index contributed by atoms with van der Waals surface area (Å²) in [6, 6.07) is 11.8. The van der Waals surface area contributed by atoms with Gasteiger partial charge in [0.25, 0.3) is 0 Å². The average molecular weight is 307 g/mol. The molecule has 3 heterocycles. The molecule has 1 aliphatic rings. The van der Waals surface area contributed by atoms with Gasteiger partial charge in [-0.25, -0.2) is 4.98 Å². The van der Waals surface area contributed by atoms with Crippen LogP contribution in [0.2, 0.25) is 0 Å². The van der Waals surface area contributed by atoms with Crippen LogP contribution >= 0.6 is 0 Å². The minimum atomic E-state index is -0.461. The van der Waals surface area contributed by atoms with Gasteiger partial charge in [0.15, 0.2) is 0 Å². The fourth-order valence-corrected chi connectivity index (χ4v) is 3.15. The molecule has 23 heavy (non-hydrogen) atoms. The van der Waals surface area contributed by atoms with Gasteiger partial charge in [0.1, 0.15) is 5.52 Å². The largest absolute Gasteiger partial charge is 0.481 e. The number of nitro groups is 1. The highest BCUT2D eigenvalue weighted by Gasteiger charge is 2.26. The van der Waals surface area contributed by atoms with Gasteiger partial charge in [-0.05, 0) is 11.6 Å². The molecule has 0 saturated heterocycles. The van der Waals surface area contributed by atoms with Crippen LogP contribution in [0, 0.1) is 10.1 Å². The quantitative estimate of drug-likeness (QED) is 0.430. The molecule has 3 aromatic rings. The van der Waals surface area contributed by atoms with Crippen LogP contribution in [0.3, 0.4) is 0 Å². The van der Waals surface area contributed by atoms with Crippen molar-refractivity contribution in [1.82, 2.24) is 9.55 Å². The maximum absolute atomic E-state index is 10.8.